The normalized spacial score (nSPS) is 11.7. The van der Waals surface area contributed by atoms with Crippen LogP contribution in [0.4, 0.5) is 4.79 Å². The number of rotatable bonds is 7. The molecule has 0 aromatic heterocycles. The molecule has 0 heterocycles. The molecule has 1 aromatic rings. The van der Waals surface area contributed by atoms with Gasteiger partial charge in [-0.05, 0) is 12.0 Å². The third kappa shape index (κ3) is 4.91. The fourth-order valence-corrected chi connectivity index (χ4v) is 1.82. The van der Waals surface area contributed by atoms with Crippen molar-refractivity contribution < 1.29 is 19.4 Å². The Labute approximate surface area is 119 Å². The Hall–Kier alpha value is -2.04. The Morgan fingerprint density at radius 2 is 1.95 bits per heavy atom. The highest BCUT2D eigenvalue weighted by molar-refractivity contribution is 5.78. The van der Waals surface area contributed by atoms with Crippen molar-refractivity contribution in [2.24, 2.45) is 0 Å². The number of ether oxygens (including phenoxy) is 1. The van der Waals surface area contributed by atoms with E-state index in [2.05, 4.69) is 0 Å². The monoisotopic (exact) mass is 278 g/mol. The lowest BCUT2D eigenvalue weighted by Gasteiger charge is -2.28. The number of unbranched alkanes of at least 4 members (excludes halogenated alkanes) is 1. The van der Waals surface area contributed by atoms with Crippen LogP contribution >= 0.6 is 0 Å². The molecular weight excluding hydrogens is 258 g/mol. The van der Waals surface area contributed by atoms with Crippen LogP contribution in [-0.2, 0) is 16.1 Å². The Balaban J connectivity index is 2.53. The summed E-state index contributed by atoms with van der Waals surface area (Å²) in [6.07, 6.45) is 1.29. The summed E-state index contributed by atoms with van der Waals surface area (Å²) in [4.78, 5) is 24.0. The van der Waals surface area contributed by atoms with E-state index in [0.717, 1.165) is 23.3 Å². The summed E-state index contributed by atoms with van der Waals surface area (Å²) >= 11 is 0. The van der Waals surface area contributed by atoms with E-state index in [1.807, 2.05) is 37.3 Å². The molecular formula is C15H20NO4-. The van der Waals surface area contributed by atoms with E-state index in [9.17, 15) is 14.7 Å². The maximum absolute atomic E-state index is 11.8. The molecule has 1 rings (SSSR count). The zero-order valence-corrected chi connectivity index (χ0v) is 11.9. The van der Waals surface area contributed by atoms with Crippen LogP contribution in [0.25, 0.3) is 0 Å². The number of likely N-dealkylation sites (N-methyl/N-ethyl adjacent to an activating group) is 1. The first-order valence-corrected chi connectivity index (χ1v) is 6.70. The molecule has 5 heteroatoms. The van der Waals surface area contributed by atoms with Crippen molar-refractivity contribution in [3.05, 3.63) is 35.9 Å². The number of carbonyl (C=O) groups is 2. The van der Waals surface area contributed by atoms with E-state index in [-0.39, 0.29) is 6.61 Å². The van der Waals surface area contributed by atoms with E-state index in [4.69, 9.17) is 4.74 Å². The predicted molar refractivity (Wildman–Crippen MR) is 72.7 cm³/mol. The zero-order chi connectivity index (χ0) is 15.0. The van der Waals surface area contributed by atoms with Gasteiger partial charge >= 0.3 is 6.09 Å². The van der Waals surface area contributed by atoms with Gasteiger partial charge in [0, 0.05) is 7.05 Å². The molecule has 1 aromatic carbocycles. The van der Waals surface area contributed by atoms with Gasteiger partial charge in [-0.15, -0.1) is 0 Å². The Morgan fingerprint density at radius 1 is 1.30 bits per heavy atom. The van der Waals surface area contributed by atoms with E-state index in [1.165, 1.54) is 7.05 Å². The van der Waals surface area contributed by atoms with Gasteiger partial charge in [-0.1, -0.05) is 50.1 Å². The number of carbonyl (C=O) groups excluding carboxylic acids is 2. The van der Waals surface area contributed by atoms with Crippen LogP contribution in [0, 0.1) is 0 Å². The van der Waals surface area contributed by atoms with Gasteiger partial charge in [0.2, 0.25) is 0 Å². The number of amides is 1. The standard InChI is InChI=1S/C15H21NO4/c1-3-4-10-13(14(17)18)16(2)15(19)20-11-12-8-6-5-7-9-12/h5-9,13H,3-4,10-11H2,1-2H3,(H,17,18)/p-1/t13-/m0/s1. The summed E-state index contributed by atoms with van der Waals surface area (Å²) in [6, 6.07) is 8.28. The second kappa shape index (κ2) is 8.19. The van der Waals surface area contributed by atoms with Crippen molar-refractivity contribution in [3.63, 3.8) is 0 Å². The van der Waals surface area contributed by atoms with Crippen LogP contribution in [0.3, 0.4) is 0 Å². The lowest BCUT2D eigenvalue weighted by atomic mass is 10.1. The minimum absolute atomic E-state index is 0.123. The van der Waals surface area contributed by atoms with Gasteiger partial charge in [0.25, 0.3) is 0 Å². The fourth-order valence-electron chi connectivity index (χ4n) is 1.82. The number of aliphatic carboxylic acids is 1. The Morgan fingerprint density at radius 3 is 2.50 bits per heavy atom. The summed E-state index contributed by atoms with van der Waals surface area (Å²) in [5.74, 6) is -1.25. The number of carboxylic acids is 1. The molecule has 1 amide bonds. The molecule has 110 valence electrons. The summed E-state index contributed by atoms with van der Waals surface area (Å²) in [5, 5.41) is 11.1. The Kier molecular flexibility index (Phi) is 6.56. The smallest absolute Gasteiger partial charge is 0.410 e. The lowest BCUT2D eigenvalue weighted by Crippen LogP contribution is -2.48. The first-order chi connectivity index (χ1) is 9.56. The van der Waals surface area contributed by atoms with Crippen molar-refractivity contribution in [2.45, 2.75) is 38.8 Å². The van der Waals surface area contributed by atoms with Crippen molar-refractivity contribution in [2.75, 3.05) is 7.05 Å². The van der Waals surface area contributed by atoms with Crippen LogP contribution in [-0.4, -0.2) is 30.1 Å². The van der Waals surface area contributed by atoms with E-state index in [1.54, 1.807) is 0 Å². The van der Waals surface area contributed by atoms with Gasteiger partial charge in [0.1, 0.15) is 6.61 Å². The van der Waals surface area contributed by atoms with Crippen molar-refractivity contribution in [3.8, 4) is 0 Å². The van der Waals surface area contributed by atoms with Crippen LogP contribution in [0.5, 0.6) is 0 Å². The molecule has 0 spiro atoms. The third-order valence-corrected chi connectivity index (χ3v) is 3.06. The number of benzene rings is 1. The van der Waals surface area contributed by atoms with Crippen LogP contribution in [0.1, 0.15) is 31.7 Å². The topological polar surface area (TPSA) is 69.7 Å². The van der Waals surface area contributed by atoms with Gasteiger partial charge in [0.15, 0.2) is 0 Å². The molecule has 1 atom stereocenters. The van der Waals surface area contributed by atoms with Crippen molar-refractivity contribution >= 4 is 12.1 Å². The predicted octanol–water partition coefficient (Wildman–Crippen LogP) is 1.56. The molecule has 0 bridgehead atoms. The van der Waals surface area contributed by atoms with Gasteiger partial charge < -0.3 is 19.5 Å². The SMILES string of the molecule is CCCC[C@@H](C(=O)[O-])N(C)C(=O)OCc1ccccc1. The Bertz CT molecular complexity index is 433. The van der Waals surface area contributed by atoms with Gasteiger partial charge in [0.05, 0.1) is 12.0 Å². The summed E-state index contributed by atoms with van der Waals surface area (Å²) in [5.41, 5.74) is 0.854. The van der Waals surface area contributed by atoms with E-state index >= 15 is 0 Å². The molecule has 0 fully saturated rings. The lowest BCUT2D eigenvalue weighted by molar-refractivity contribution is -0.311. The summed E-state index contributed by atoms with van der Waals surface area (Å²) in [6.45, 7) is 2.08. The summed E-state index contributed by atoms with van der Waals surface area (Å²) in [7, 11) is 1.42. The number of hydrogen-bond donors (Lipinski definition) is 0. The van der Waals surface area contributed by atoms with E-state index in [0.29, 0.717) is 6.42 Å². The maximum atomic E-state index is 11.8. The molecule has 0 aliphatic heterocycles. The molecule has 0 aliphatic carbocycles. The third-order valence-electron chi connectivity index (χ3n) is 3.06. The van der Waals surface area contributed by atoms with Gasteiger partial charge in [-0.3, -0.25) is 0 Å². The largest absolute Gasteiger partial charge is 0.548 e. The highest BCUT2D eigenvalue weighted by Gasteiger charge is 2.21. The highest BCUT2D eigenvalue weighted by Crippen LogP contribution is 2.09. The molecule has 5 nitrogen and oxygen atoms in total. The minimum atomic E-state index is -1.25. The minimum Gasteiger partial charge on any atom is -0.548 e. The maximum Gasteiger partial charge on any atom is 0.410 e. The average molecular weight is 278 g/mol. The molecule has 0 N–H and O–H groups in total. The van der Waals surface area contributed by atoms with Crippen LogP contribution in [0.15, 0.2) is 30.3 Å². The number of carboxylic acid groups (broad SMARTS) is 1. The first kappa shape index (κ1) is 16.0. The highest BCUT2D eigenvalue weighted by atomic mass is 16.6. The molecule has 20 heavy (non-hydrogen) atoms. The van der Waals surface area contributed by atoms with Crippen LogP contribution in [0.2, 0.25) is 0 Å². The first-order valence-electron chi connectivity index (χ1n) is 6.70. The van der Waals surface area contributed by atoms with Crippen LogP contribution < -0.4 is 5.11 Å². The van der Waals surface area contributed by atoms with E-state index < -0.39 is 18.1 Å². The number of hydrogen-bond acceptors (Lipinski definition) is 4. The second-order valence-corrected chi connectivity index (χ2v) is 4.63. The molecule has 0 unspecified atom stereocenters. The second-order valence-electron chi connectivity index (χ2n) is 4.63. The fraction of sp³-hybridized carbons (Fsp3) is 0.467. The molecule has 0 saturated carbocycles. The molecule has 0 radical (unpaired) electrons. The number of nitrogens with zero attached hydrogens (tertiary/aromatic N) is 1. The molecule has 0 saturated heterocycles. The quantitative estimate of drug-likeness (QED) is 0.759. The summed E-state index contributed by atoms with van der Waals surface area (Å²) < 4.78 is 5.10. The average Bonchev–Trinajstić information content (AvgIpc) is 2.45. The van der Waals surface area contributed by atoms with Crippen molar-refractivity contribution in [1.29, 1.82) is 0 Å². The van der Waals surface area contributed by atoms with Gasteiger partial charge in [-0.2, -0.15) is 0 Å². The van der Waals surface area contributed by atoms with Gasteiger partial charge in [-0.25, -0.2) is 4.79 Å². The zero-order valence-electron chi connectivity index (χ0n) is 11.9. The van der Waals surface area contributed by atoms with Crippen molar-refractivity contribution in [1.82, 2.24) is 4.90 Å². The molecule has 0 aliphatic rings.